The smallest absolute Gasteiger partial charge is 0.503 e. The number of pyridine rings is 2. The average Bonchev–Trinajstić information content (AvgIpc) is 3.64. The molecule has 4 aromatic heterocycles. The number of benzene rings is 6. The van der Waals surface area contributed by atoms with E-state index in [2.05, 4.69) is 154 Å². The van der Waals surface area contributed by atoms with Gasteiger partial charge >= 0.3 is 42.1 Å². The van der Waals surface area contributed by atoms with E-state index in [1.165, 1.54) is 23.8 Å². The molecule has 10 heteroatoms. The Balaban J connectivity index is 0.00000338. The second-order valence-electron chi connectivity index (χ2n) is 18.9. The van der Waals surface area contributed by atoms with Gasteiger partial charge in [0.2, 0.25) is 5.95 Å². The van der Waals surface area contributed by atoms with Gasteiger partial charge in [0.1, 0.15) is 12.7 Å². The summed E-state index contributed by atoms with van der Waals surface area (Å²) >= 11 is 0. The van der Waals surface area contributed by atoms with Crippen molar-refractivity contribution in [2.75, 3.05) is 0 Å². The van der Waals surface area contributed by atoms with E-state index in [1.54, 1.807) is 0 Å². The topological polar surface area (TPSA) is 87.8 Å². The van der Waals surface area contributed by atoms with Gasteiger partial charge in [-0.05, 0) is 83.3 Å². The summed E-state index contributed by atoms with van der Waals surface area (Å²) in [4.78, 5) is 23.0. The minimum absolute atomic E-state index is 0. The van der Waals surface area contributed by atoms with E-state index in [4.69, 9.17) is 19.4 Å². The molecule has 0 atom stereocenters. The van der Waals surface area contributed by atoms with Gasteiger partial charge in [-0.2, -0.15) is 22.9 Å². The fraction of sp³-hybridized carbons (Fsp3) is 0.197. The molecule has 0 aliphatic rings. The number of aryl methyl sites for hydroxylation is 4. The summed E-state index contributed by atoms with van der Waals surface area (Å²) in [5.74, 6) is 3.75. The van der Waals surface area contributed by atoms with Crippen molar-refractivity contribution in [3.8, 4) is 73.7 Å². The third kappa shape index (κ3) is 11.3. The van der Waals surface area contributed by atoms with Crippen molar-refractivity contribution in [3.05, 3.63) is 192 Å². The Morgan fingerprint density at radius 1 is 0.479 bits per heavy atom. The Morgan fingerprint density at radius 3 is 1.30 bits per heavy atom. The molecule has 358 valence electrons. The molecule has 0 saturated heterocycles. The van der Waals surface area contributed by atoms with Gasteiger partial charge in [-0.3, -0.25) is 0 Å². The van der Waals surface area contributed by atoms with Crippen molar-refractivity contribution in [3.63, 3.8) is 0 Å². The number of hydrogen-bond donors (Lipinski definition) is 0. The number of ether oxygens (including phenoxy) is 2. The summed E-state index contributed by atoms with van der Waals surface area (Å²) in [6, 6.07) is 51.8. The Kier molecular flexibility index (Phi) is 15.6. The molecule has 0 bridgehead atoms. The summed E-state index contributed by atoms with van der Waals surface area (Å²) in [5.41, 5.74) is 16.3. The third-order valence-corrected chi connectivity index (χ3v) is 12.2. The van der Waals surface area contributed by atoms with E-state index in [0.717, 1.165) is 90.6 Å². The van der Waals surface area contributed by atoms with E-state index in [9.17, 15) is 0 Å². The van der Waals surface area contributed by atoms with Crippen LogP contribution in [0.3, 0.4) is 0 Å². The van der Waals surface area contributed by atoms with E-state index in [1.807, 2.05) is 67.2 Å². The van der Waals surface area contributed by atoms with Gasteiger partial charge < -0.3 is 24.0 Å². The maximum absolute atomic E-state index is 6.54. The van der Waals surface area contributed by atoms with Crippen LogP contribution in [0, 0.1) is 63.8 Å². The van der Waals surface area contributed by atoms with Crippen molar-refractivity contribution in [1.29, 1.82) is 0 Å². The first-order valence-electron chi connectivity index (χ1n) is 23.5. The fourth-order valence-corrected chi connectivity index (χ4v) is 9.07. The Hall–Kier alpha value is -6.59. The molecule has 8 nitrogen and oxygen atoms in total. The molecule has 0 saturated carbocycles. The van der Waals surface area contributed by atoms with Crippen LogP contribution in [0.2, 0.25) is 0 Å². The molecule has 0 fully saturated rings. The van der Waals surface area contributed by atoms with Crippen molar-refractivity contribution < 1.29 is 51.6 Å². The second kappa shape index (κ2) is 21.8. The molecule has 0 aliphatic carbocycles. The first kappa shape index (κ1) is 50.8. The summed E-state index contributed by atoms with van der Waals surface area (Å²) in [5, 5.41) is 1.84. The molecule has 0 unspecified atom stereocenters. The van der Waals surface area contributed by atoms with Crippen molar-refractivity contribution in [1.82, 2.24) is 29.5 Å². The van der Waals surface area contributed by atoms with Crippen molar-refractivity contribution >= 4 is 21.8 Å². The van der Waals surface area contributed by atoms with Crippen LogP contribution in [0.15, 0.2) is 134 Å². The van der Waals surface area contributed by atoms with Crippen LogP contribution < -0.4 is 9.47 Å². The second-order valence-corrected chi connectivity index (χ2v) is 18.9. The van der Waals surface area contributed by atoms with E-state index in [0.29, 0.717) is 51.8 Å². The molecule has 0 spiro atoms. The molecule has 10 aromatic rings. The van der Waals surface area contributed by atoms with E-state index >= 15 is 0 Å². The van der Waals surface area contributed by atoms with Crippen molar-refractivity contribution in [2.45, 2.75) is 68.2 Å². The van der Waals surface area contributed by atoms with Gasteiger partial charge in [-0.15, -0.1) is 58.7 Å². The monoisotopic (exact) mass is 1290 g/mol. The molecule has 10 rings (SSSR count). The SMILES string of the molecule is Cc1cc(Oc2[c-]c3c(cc2)c2ccc(Oc4[c-]c(-c5cc(C)c(-c6ccc(CC(C)C)cc6)cn5)cc(C)c4)[c-]c2n3-c2ncncn2)[c-]c(-c2cc(C)c(-c3ccc(CC(C)C)cc3)cn2)c1.[Pt+2].[Pt+2]. The average molecular weight is 1290 g/mol. The minimum atomic E-state index is 0. The fourth-order valence-electron chi connectivity index (χ4n) is 9.07. The minimum Gasteiger partial charge on any atom is -0.503 e. The summed E-state index contributed by atoms with van der Waals surface area (Å²) in [7, 11) is 0. The predicted molar refractivity (Wildman–Crippen MR) is 276 cm³/mol. The van der Waals surface area contributed by atoms with Gasteiger partial charge in [0.25, 0.3) is 0 Å². The first-order valence-corrected chi connectivity index (χ1v) is 23.5. The molecular weight excluding hydrogens is 1240 g/mol. The third-order valence-electron chi connectivity index (χ3n) is 12.2. The zero-order chi connectivity index (χ0) is 47.8. The largest absolute Gasteiger partial charge is 2.00 e. The quantitative estimate of drug-likeness (QED) is 0.106. The molecule has 4 heterocycles. The molecule has 6 aromatic carbocycles. The summed E-state index contributed by atoms with van der Waals surface area (Å²) < 4.78 is 15.0. The van der Waals surface area contributed by atoms with E-state index in [-0.39, 0.29) is 42.1 Å². The summed E-state index contributed by atoms with van der Waals surface area (Å²) in [6.45, 7) is 17.3. The Morgan fingerprint density at radius 2 is 0.901 bits per heavy atom. The molecule has 0 aliphatic heterocycles. The number of fused-ring (bicyclic) bond motifs is 3. The van der Waals surface area contributed by atoms with Crippen LogP contribution >= 0.6 is 0 Å². The number of hydrogen-bond acceptors (Lipinski definition) is 7. The van der Waals surface area contributed by atoms with Gasteiger partial charge in [-0.25, -0.2) is 15.0 Å². The van der Waals surface area contributed by atoms with Crippen LogP contribution in [-0.2, 0) is 55.0 Å². The van der Waals surface area contributed by atoms with Crippen LogP contribution in [0.4, 0.5) is 0 Å². The molecule has 0 radical (unpaired) electrons. The van der Waals surface area contributed by atoms with Gasteiger partial charge in [-0.1, -0.05) is 138 Å². The van der Waals surface area contributed by atoms with Crippen LogP contribution in [0.25, 0.3) is 72.5 Å². The van der Waals surface area contributed by atoms with E-state index < -0.39 is 0 Å². The Bertz CT molecular complexity index is 3290. The first-order chi connectivity index (χ1) is 33.4. The standard InChI is InChI=1S/C61H52N6O2.2Pt/c1-37(2)21-43-9-13-45(14-10-43)55-33-63-57(27-41(55)7)47-23-39(5)25-51(29-47)68-49-17-19-53-54-20-18-50(32-60(54)67(59(53)31-49)61-65-35-62-36-66-61)69-52-26-40(6)24-48(30-52)58-28-42(8)56(34-64-58)46-15-11-44(12-16-46)22-38(3)4;;/h9-20,23-28,33-38H,21-22H2,1-8H3;;/q-4;2*+2. The molecule has 0 amide bonds. The zero-order valence-corrected chi connectivity index (χ0v) is 45.4. The molecule has 0 N–H and O–H groups in total. The van der Waals surface area contributed by atoms with Crippen LogP contribution in [-0.4, -0.2) is 29.5 Å². The molecule has 71 heavy (non-hydrogen) atoms. The van der Waals surface area contributed by atoms with Gasteiger partial charge in [0.05, 0.1) is 0 Å². The number of aromatic nitrogens is 6. The predicted octanol–water partition coefficient (Wildman–Crippen LogP) is 14.8. The molecular formula is C61H52N6O2Pt2. The maximum atomic E-state index is 6.54. The number of nitrogens with zero attached hydrogens (tertiary/aromatic N) is 6. The maximum Gasteiger partial charge on any atom is 2.00 e. The zero-order valence-electron chi connectivity index (χ0n) is 40.9. The Labute approximate surface area is 445 Å². The number of rotatable bonds is 13. The van der Waals surface area contributed by atoms with Crippen molar-refractivity contribution in [2.24, 2.45) is 11.8 Å². The van der Waals surface area contributed by atoms with Crippen LogP contribution in [0.5, 0.6) is 23.0 Å². The van der Waals surface area contributed by atoms with Crippen LogP contribution in [0.1, 0.15) is 61.1 Å². The van der Waals surface area contributed by atoms with Gasteiger partial charge in [0.15, 0.2) is 0 Å². The van der Waals surface area contributed by atoms with Gasteiger partial charge in [0, 0.05) is 46.5 Å². The summed E-state index contributed by atoms with van der Waals surface area (Å²) in [6.07, 6.45) is 8.99. The normalized spacial score (nSPS) is 11.2.